The number of quaternary nitrogens is 1. The molecule has 0 aromatic heterocycles. The van der Waals surface area contributed by atoms with E-state index in [1.54, 1.807) is 4.90 Å². The number of nitrogens with zero attached hydrogens (tertiary/aromatic N) is 2. The van der Waals surface area contributed by atoms with Crippen molar-refractivity contribution in [3.05, 3.63) is 71.8 Å². The zero-order valence-electron chi connectivity index (χ0n) is 19.2. The third-order valence-electron chi connectivity index (χ3n) is 5.68. The Morgan fingerprint density at radius 3 is 2.27 bits per heavy atom. The predicted molar refractivity (Wildman–Crippen MR) is 125 cm³/mol. The SMILES string of the molecule is C[N+]1(Cc2ccccc2)CCN(CC(=O)NCCCNC(=O)OCc2ccccc2)C(=O)C1. The molecule has 176 valence electrons. The maximum atomic E-state index is 12.6. The number of hydrogen-bond donors (Lipinski definition) is 2. The number of carbonyl (C=O) groups excluding carboxylic acids is 3. The molecule has 1 saturated heterocycles. The number of carbonyl (C=O) groups is 3. The van der Waals surface area contributed by atoms with Crippen LogP contribution < -0.4 is 10.6 Å². The van der Waals surface area contributed by atoms with E-state index in [4.69, 9.17) is 4.74 Å². The van der Waals surface area contributed by atoms with E-state index in [1.807, 2.05) is 48.5 Å². The Bertz CT molecular complexity index is 923. The van der Waals surface area contributed by atoms with Crippen LogP contribution in [-0.4, -0.2) is 73.6 Å². The van der Waals surface area contributed by atoms with Gasteiger partial charge in [0.25, 0.3) is 5.91 Å². The number of likely N-dealkylation sites (N-methyl/N-ethyl adjacent to an activating group) is 1. The summed E-state index contributed by atoms with van der Waals surface area (Å²) in [6.07, 6.45) is 0.0902. The van der Waals surface area contributed by atoms with Gasteiger partial charge in [0, 0.05) is 18.7 Å². The number of ether oxygens (including phenoxy) is 1. The van der Waals surface area contributed by atoms with Crippen molar-refractivity contribution < 1.29 is 23.6 Å². The van der Waals surface area contributed by atoms with Crippen LogP contribution in [0.15, 0.2) is 60.7 Å². The van der Waals surface area contributed by atoms with Crippen molar-refractivity contribution in [2.24, 2.45) is 0 Å². The van der Waals surface area contributed by atoms with Gasteiger partial charge in [-0.15, -0.1) is 0 Å². The van der Waals surface area contributed by atoms with E-state index in [2.05, 4.69) is 29.8 Å². The molecule has 1 aliphatic rings. The van der Waals surface area contributed by atoms with Crippen molar-refractivity contribution in [3.63, 3.8) is 0 Å². The topological polar surface area (TPSA) is 87.7 Å². The average Bonchev–Trinajstić information content (AvgIpc) is 2.80. The Labute approximate surface area is 195 Å². The fourth-order valence-electron chi connectivity index (χ4n) is 3.83. The number of amides is 3. The summed E-state index contributed by atoms with van der Waals surface area (Å²) in [4.78, 5) is 38.2. The molecule has 0 aliphatic carbocycles. The third-order valence-corrected chi connectivity index (χ3v) is 5.68. The zero-order valence-corrected chi connectivity index (χ0v) is 19.2. The molecule has 3 rings (SSSR count). The largest absolute Gasteiger partial charge is 0.445 e. The fraction of sp³-hybridized carbons (Fsp3) is 0.400. The van der Waals surface area contributed by atoms with E-state index < -0.39 is 6.09 Å². The molecule has 8 nitrogen and oxygen atoms in total. The Kier molecular flexibility index (Phi) is 8.83. The minimum absolute atomic E-state index is 0.00217. The summed E-state index contributed by atoms with van der Waals surface area (Å²) >= 11 is 0. The maximum absolute atomic E-state index is 12.6. The molecule has 3 amide bonds. The van der Waals surface area contributed by atoms with Crippen LogP contribution >= 0.6 is 0 Å². The van der Waals surface area contributed by atoms with Crippen molar-refractivity contribution in [1.82, 2.24) is 15.5 Å². The second-order valence-corrected chi connectivity index (χ2v) is 8.65. The van der Waals surface area contributed by atoms with Crippen LogP contribution in [0.3, 0.4) is 0 Å². The molecule has 1 atom stereocenters. The van der Waals surface area contributed by atoms with Crippen LogP contribution in [0.4, 0.5) is 4.79 Å². The number of hydrogen-bond acceptors (Lipinski definition) is 4. The highest BCUT2D eigenvalue weighted by Gasteiger charge is 2.35. The van der Waals surface area contributed by atoms with Crippen molar-refractivity contribution >= 4 is 17.9 Å². The first-order chi connectivity index (χ1) is 15.9. The molecule has 0 spiro atoms. The van der Waals surface area contributed by atoms with Crippen LogP contribution in [0.5, 0.6) is 0 Å². The molecule has 2 aromatic rings. The molecule has 8 heteroatoms. The van der Waals surface area contributed by atoms with E-state index in [0.29, 0.717) is 37.1 Å². The summed E-state index contributed by atoms with van der Waals surface area (Å²) in [7, 11) is 2.08. The Morgan fingerprint density at radius 2 is 1.61 bits per heavy atom. The molecule has 2 aromatic carbocycles. The summed E-state index contributed by atoms with van der Waals surface area (Å²) in [5, 5.41) is 5.48. The van der Waals surface area contributed by atoms with Crippen LogP contribution in [-0.2, 0) is 27.5 Å². The van der Waals surface area contributed by atoms with Crippen LogP contribution in [0.25, 0.3) is 0 Å². The average molecular weight is 454 g/mol. The quantitative estimate of drug-likeness (QED) is 0.425. The number of rotatable bonds is 10. The predicted octanol–water partition coefficient (Wildman–Crippen LogP) is 1.91. The molecule has 1 aliphatic heterocycles. The lowest BCUT2D eigenvalue weighted by Gasteiger charge is -2.41. The smallest absolute Gasteiger partial charge is 0.407 e. The Hall–Kier alpha value is -3.39. The van der Waals surface area contributed by atoms with Crippen molar-refractivity contribution in [1.29, 1.82) is 0 Å². The molecule has 1 fully saturated rings. The van der Waals surface area contributed by atoms with E-state index in [-0.39, 0.29) is 25.0 Å². The van der Waals surface area contributed by atoms with Crippen LogP contribution in [0.1, 0.15) is 17.5 Å². The molecule has 33 heavy (non-hydrogen) atoms. The summed E-state index contributed by atoms with van der Waals surface area (Å²) in [5.74, 6) is -0.188. The lowest BCUT2D eigenvalue weighted by atomic mass is 10.1. The van der Waals surface area contributed by atoms with Crippen molar-refractivity contribution in [2.75, 3.05) is 46.3 Å². The molecule has 2 N–H and O–H groups in total. The van der Waals surface area contributed by atoms with Gasteiger partial charge in [-0.05, 0) is 12.0 Å². The summed E-state index contributed by atoms with van der Waals surface area (Å²) < 4.78 is 5.79. The highest BCUT2D eigenvalue weighted by Crippen LogP contribution is 2.16. The van der Waals surface area contributed by atoms with Gasteiger partial charge in [0.2, 0.25) is 5.91 Å². The minimum Gasteiger partial charge on any atom is -0.445 e. The second kappa shape index (κ2) is 12.0. The van der Waals surface area contributed by atoms with Gasteiger partial charge < -0.3 is 24.8 Å². The summed E-state index contributed by atoms with van der Waals surface area (Å²) in [6, 6.07) is 19.6. The molecule has 1 unspecified atom stereocenters. The highest BCUT2D eigenvalue weighted by molar-refractivity contribution is 5.85. The number of alkyl carbamates (subject to hydrolysis) is 1. The second-order valence-electron chi connectivity index (χ2n) is 8.65. The lowest BCUT2D eigenvalue weighted by Crippen LogP contribution is -2.60. The van der Waals surface area contributed by atoms with E-state index >= 15 is 0 Å². The van der Waals surface area contributed by atoms with Crippen LogP contribution in [0.2, 0.25) is 0 Å². The van der Waals surface area contributed by atoms with Gasteiger partial charge in [0.05, 0.1) is 26.7 Å². The monoisotopic (exact) mass is 453 g/mol. The molecule has 0 bridgehead atoms. The molecule has 1 heterocycles. The normalized spacial score (nSPS) is 18.0. The van der Waals surface area contributed by atoms with Crippen molar-refractivity contribution in [3.8, 4) is 0 Å². The third kappa shape index (κ3) is 8.23. The first kappa shape index (κ1) is 24.3. The van der Waals surface area contributed by atoms with Gasteiger partial charge in [0.15, 0.2) is 6.54 Å². The van der Waals surface area contributed by atoms with Gasteiger partial charge in [0.1, 0.15) is 13.2 Å². The molecular formula is C25H33N4O4+. The van der Waals surface area contributed by atoms with Gasteiger partial charge in [-0.3, -0.25) is 9.59 Å². The summed E-state index contributed by atoms with van der Waals surface area (Å²) in [5.41, 5.74) is 2.13. The Balaban J connectivity index is 1.28. The van der Waals surface area contributed by atoms with E-state index in [0.717, 1.165) is 18.7 Å². The first-order valence-corrected chi connectivity index (χ1v) is 11.3. The highest BCUT2D eigenvalue weighted by atomic mass is 16.5. The standard InChI is InChI=1S/C25H32N4O4/c1-29(18-21-9-4-2-5-10-21)16-15-28(24(31)19-29)17-23(30)26-13-8-14-27-25(32)33-20-22-11-6-3-7-12-22/h2-7,9-12H,8,13-20H2,1H3,(H-,26,27,30,32)/p+1. The number of benzene rings is 2. The van der Waals surface area contributed by atoms with Gasteiger partial charge in [-0.2, -0.15) is 0 Å². The molecular weight excluding hydrogens is 420 g/mol. The van der Waals surface area contributed by atoms with Gasteiger partial charge in [-0.1, -0.05) is 60.7 Å². The maximum Gasteiger partial charge on any atom is 0.407 e. The number of nitrogens with one attached hydrogen (secondary N) is 2. The minimum atomic E-state index is -0.485. The zero-order chi connectivity index (χ0) is 23.5. The van der Waals surface area contributed by atoms with Gasteiger partial charge >= 0.3 is 6.09 Å². The lowest BCUT2D eigenvalue weighted by molar-refractivity contribution is -0.917. The van der Waals surface area contributed by atoms with Gasteiger partial charge in [-0.25, -0.2) is 4.79 Å². The molecule has 0 saturated carbocycles. The van der Waals surface area contributed by atoms with Crippen molar-refractivity contribution in [2.45, 2.75) is 19.6 Å². The van der Waals surface area contributed by atoms with Crippen LogP contribution in [0, 0.1) is 0 Å². The fourth-order valence-corrected chi connectivity index (χ4v) is 3.83. The number of piperazine rings is 1. The molecule has 0 radical (unpaired) electrons. The summed E-state index contributed by atoms with van der Waals surface area (Å²) in [6.45, 7) is 3.65. The van der Waals surface area contributed by atoms with E-state index in [9.17, 15) is 14.4 Å². The van der Waals surface area contributed by atoms with E-state index in [1.165, 1.54) is 5.56 Å². The first-order valence-electron chi connectivity index (χ1n) is 11.3. The Morgan fingerprint density at radius 1 is 0.970 bits per heavy atom.